The molecule has 0 fully saturated rings. The van der Waals surface area contributed by atoms with Gasteiger partial charge in [-0.05, 0) is 41.9 Å². The van der Waals surface area contributed by atoms with Gasteiger partial charge in [0, 0.05) is 12.5 Å². The molecule has 2 aromatic carbocycles. The molecule has 3 aromatic rings. The van der Waals surface area contributed by atoms with Gasteiger partial charge in [-0.3, -0.25) is 9.48 Å². The SMILES string of the molecule is CC(C)C[C@H]1COCc2cn(nn2)CC[C@@H](Cc2ccc(-c3ccccc3)cc2)C(=O)N1. The average Bonchev–Trinajstić information content (AvgIpc) is 3.24. The van der Waals surface area contributed by atoms with Gasteiger partial charge in [-0.25, -0.2) is 0 Å². The minimum Gasteiger partial charge on any atom is -0.373 e. The standard InChI is InChI=1S/C26H32N4O2/c1-19(2)14-24-17-32-18-25-16-30(29-28-25)13-12-23(26(31)27-24)15-20-8-10-22(11-9-20)21-6-4-3-5-7-21/h3-11,16,19,23-24H,12-15,17-18H2,1-2H3,(H,27,31)/t23-,24-/m0/s1. The largest absolute Gasteiger partial charge is 0.373 e. The topological polar surface area (TPSA) is 69.0 Å². The number of nitrogens with one attached hydrogen (secondary N) is 1. The molecule has 6 nitrogen and oxygen atoms in total. The van der Waals surface area contributed by atoms with E-state index in [1.165, 1.54) is 11.1 Å². The Morgan fingerprint density at radius 3 is 2.59 bits per heavy atom. The predicted octanol–water partition coefficient (Wildman–Crippen LogP) is 4.26. The van der Waals surface area contributed by atoms with Gasteiger partial charge in [0.1, 0.15) is 5.69 Å². The van der Waals surface area contributed by atoms with Crippen molar-refractivity contribution in [2.45, 2.75) is 52.3 Å². The van der Waals surface area contributed by atoms with Gasteiger partial charge in [-0.2, -0.15) is 0 Å². The Bertz CT molecular complexity index is 998. The molecule has 2 bridgehead atoms. The lowest BCUT2D eigenvalue weighted by atomic mass is 9.93. The van der Waals surface area contributed by atoms with E-state index < -0.39 is 0 Å². The summed E-state index contributed by atoms with van der Waals surface area (Å²) in [6.45, 7) is 5.89. The maximum Gasteiger partial charge on any atom is 0.223 e. The van der Waals surface area contributed by atoms with Crippen LogP contribution in [0.25, 0.3) is 11.1 Å². The van der Waals surface area contributed by atoms with Crippen molar-refractivity contribution in [1.82, 2.24) is 20.3 Å². The molecule has 6 heteroatoms. The highest BCUT2D eigenvalue weighted by Crippen LogP contribution is 2.22. The number of hydrogen-bond donors (Lipinski definition) is 1. The highest BCUT2D eigenvalue weighted by molar-refractivity contribution is 5.79. The maximum atomic E-state index is 13.3. The molecule has 1 N–H and O–H groups in total. The first-order valence-electron chi connectivity index (χ1n) is 11.5. The Morgan fingerprint density at radius 2 is 1.84 bits per heavy atom. The number of fused-ring (bicyclic) bond motifs is 2. The number of aryl methyl sites for hydroxylation is 1. The smallest absolute Gasteiger partial charge is 0.223 e. The third kappa shape index (κ3) is 6.04. The molecule has 0 spiro atoms. The molecule has 1 aliphatic rings. The number of rotatable bonds is 5. The number of ether oxygens (including phenoxy) is 1. The molecular weight excluding hydrogens is 400 g/mol. The van der Waals surface area contributed by atoms with Crippen molar-refractivity contribution in [3.8, 4) is 11.1 Å². The van der Waals surface area contributed by atoms with Crippen molar-refractivity contribution in [1.29, 1.82) is 0 Å². The maximum absolute atomic E-state index is 13.3. The van der Waals surface area contributed by atoms with E-state index >= 15 is 0 Å². The van der Waals surface area contributed by atoms with E-state index in [0.717, 1.165) is 17.7 Å². The fraction of sp³-hybridized carbons (Fsp3) is 0.423. The van der Waals surface area contributed by atoms with Crippen molar-refractivity contribution in [2.75, 3.05) is 6.61 Å². The number of nitrogens with zero attached hydrogens (tertiary/aromatic N) is 3. The third-order valence-electron chi connectivity index (χ3n) is 5.88. The van der Waals surface area contributed by atoms with E-state index in [-0.39, 0.29) is 17.9 Å². The molecule has 168 valence electrons. The Kier molecular flexibility index (Phi) is 7.32. The van der Waals surface area contributed by atoms with Crippen molar-refractivity contribution < 1.29 is 9.53 Å². The minimum atomic E-state index is -0.140. The zero-order valence-corrected chi connectivity index (χ0v) is 18.9. The number of aromatic nitrogens is 3. The summed E-state index contributed by atoms with van der Waals surface area (Å²) in [4.78, 5) is 13.3. The second-order valence-electron chi connectivity index (χ2n) is 9.08. The molecule has 0 radical (unpaired) electrons. The Morgan fingerprint density at radius 1 is 1.09 bits per heavy atom. The zero-order chi connectivity index (χ0) is 22.3. The molecule has 1 aliphatic heterocycles. The summed E-state index contributed by atoms with van der Waals surface area (Å²) in [7, 11) is 0. The summed E-state index contributed by atoms with van der Waals surface area (Å²) in [5.41, 5.74) is 4.37. The fourth-order valence-electron chi connectivity index (χ4n) is 4.24. The lowest BCUT2D eigenvalue weighted by Gasteiger charge is -2.24. The highest BCUT2D eigenvalue weighted by Gasteiger charge is 2.24. The highest BCUT2D eigenvalue weighted by atomic mass is 16.5. The molecule has 1 aromatic heterocycles. The van der Waals surface area contributed by atoms with Gasteiger partial charge in [0.25, 0.3) is 0 Å². The van der Waals surface area contributed by atoms with Crippen LogP contribution in [0.5, 0.6) is 0 Å². The van der Waals surface area contributed by atoms with Crippen LogP contribution in [0.3, 0.4) is 0 Å². The van der Waals surface area contributed by atoms with Gasteiger partial charge in [0.2, 0.25) is 5.91 Å². The third-order valence-corrected chi connectivity index (χ3v) is 5.88. The van der Waals surface area contributed by atoms with E-state index in [0.29, 0.717) is 38.5 Å². The Labute approximate surface area is 190 Å². The van der Waals surface area contributed by atoms with Crippen LogP contribution in [-0.4, -0.2) is 33.5 Å². The van der Waals surface area contributed by atoms with Crippen LogP contribution in [0.2, 0.25) is 0 Å². The zero-order valence-electron chi connectivity index (χ0n) is 18.9. The fourth-order valence-corrected chi connectivity index (χ4v) is 4.24. The summed E-state index contributed by atoms with van der Waals surface area (Å²) in [5, 5.41) is 11.7. The minimum absolute atomic E-state index is 0.0000666. The number of hydrogen-bond acceptors (Lipinski definition) is 4. The summed E-state index contributed by atoms with van der Waals surface area (Å²) >= 11 is 0. The number of benzene rings is 2. The lowest BCUT2D eigenvalue weighted by molar-refractivity contribution is -0.126. The number of carbonyl (C=O) groups excluding carboxylic acids is 1. The van der Waals surface area contributed by atoms with Crippen molar-refractivity contribution in [3.05, 3.63) is 72.1 Å². The van der Waals surface area contributed by atoms with Crippen LogP contribution >= 0.6 is 0 Å². The molecule has 4 rings (SSSR count). The van der Waals surface area contributed by atoms with Gasteiger partial charge in [0.05, 0.1) is 25.5 Å². The number of carbonyl (C=O) groups is 1. The summed E-state index contributed by atoms with van der Waals surface area (Å²) in [5.74, 6) is 0.424. The van der Waals surface area contributed by atoms with Crippen LogP contribution in [0.1, 0.15) is 37.9 Å². The predicted molar refractivity (Wildman–Crippen MR) is 125 cm³/mol. The van der Waals surface area contributed by atoms with E-state index in [1.807, 2.05) is 29.1 Å². The van der Waals surface area contributed by atoms with Gasteiger partial charge < -0.3 is 10.1 Å². The second-order valence-corrected chi connectivity index (χ2v) is 9.08. The monoisotopic (exact) mass is 432 g/mol. The van der Waals surface area contributed by atoms with Crippen LogP contribution in [0, 0.1) is 11.8 Å². The molecule has 1 amide bonds. The molecule has 0 unspecified atom stereocenters. The van der Waals surface area contributed by atoms with Crippen LogP contribution in [0.4, 0.5) is 0 Å². The molecule has 0 saturated heterocycles. The van der Waals surface area contributed by atoms with E-state index in [2.05, 4.69) is 65.9 Å². The molecule has 2 heterocycles. The normalized spacial score (nSPS) is 19.8. The molecular formula is C26H32N4O2. The van der Waals surface area contributed by atoms with Crippen LogP contribution in [0.15, 0.2) is 60.8 Å². The molecule has 0 aliphatic carbocycles. The van der Waals surface area contributed by atoms with E-state index in [9.17, 15) is 4.79 Å². The van der Waals surface area contributed by atoms with Gasteiger partial charge >= 0.3 is 0 Å². The Balaban J connectivity index is 1.50. The summed E-state index contributed by atoms with van der Waals surface area (Å²) in [6, 6.07) is 18.9. The van der Waals surface area contributed by atoms with Gasteiger partial charge in [-0.15, -0.1) is 5.10 Å². The molecule has 0 saturated carbocycles. The first-order valence-corrected chi connectivity index (χ1v) is 11.5. The molecule has 32 heavy (non-hydrogen) atoms. The number of amides is 1. The first kappa shape index (κ1) is 22.2. The Hall–Kier alpha value is -2.99. The summed E-state index contributed by atoms with van der Waals surface area (Å²) in [6.07, 6.45) is 4.21. The van der Waals surface area contributed by atoms with Gasteiger partial charge in [0.15, 0.2) is 0 Å². The van der Waals surface area contributed by atoms with Gasteiger partial charge in [-0.1, -0.05) is 73.7 Å². The van der Waals surface area contributed by atoms with Crippen LogP contribution in [-0.2, 0) is 29.1 Å². The quantitative estimate of drug-likeness (QED) is 0.654. The van der Waals surface area contributed by atoms with E-state index in [1.54, 1.807) is 0 Å². The second kappa shape index (κ2) is 10.6. The van der Waals surface area contributed by atoms with Crippen molar-refractivity contribution >= 4 is 5.91 Å². The van der Waals surface area contributed by atoms with Crippen molar-refractivity contribution in [2.24, 2.45) is 11.8 Å². The molecule has 2 atom stereocenters. The summed E-state index contributed by atoms with van der Waals surface area (Å²) < 4.78 is 7.65. The lowest BCUT2D eigenvalue weighted by Crippen LogP contribution is -2.43. The average molecular weight is 433 g/mol. The van der Waals surface area contributed by atoms with Crippen molar-refractivity contribution in [3.63, 3.8) is 0 Å². The first-order chi connectivity index (χ1) is 15.6. The van der Waals surface area contributed by atoms with E-state index in [4.69, 9.17) is 4.74 Å². The van der Waals surface area contributed by atoms with Crippen LogP contribution < -0.4 is 5.32 Å².